The number of rotatable bonds is 6. The fourth-order valence-corrected chi connectivity index (χ4v) is 1.72. The Labute approximate surface area is 132 Å². The zero-order chi connectivity index (χ0) is 16.7. The number of halogens is 1. The van der Waals surface area contributed by atoms with Crippen LogP contribution < -0.4 is 16.6 Å². The van der Waals surface area contributed by atoms with E-state index in [1.807, 2.05) is 0 Å². The van der Waals surface area contributed by atoms with Gasteiger partial charge in [0.25, 0.3) is 0 Å². The van der Waals surface area contributed by atoms with Crippen LogP contribution in [0.25, 0.3) is 6.08 Å². The molecule has 5 N–H and O–H groups in total. The van der Waals surface area contributed by atoms with Gasteiger partial charge in [0.05, 0.1) is 18.5 Å². The smallest absolute Gasteiger partial charge is 0.355 e. The Hall–Kier alpha value is -2.51. The van der Waals surface area contributed by atoms with Crippen LogP contribution in [0, 0.1) is 0 Å². The average Bonchev–Trinajstić information content (AvgIpc) is 2.45. The minimum Gasteiger partial charge on any atom is -0.478 e. The molecule has 0 atom stereocenters. The van der Waals surface area contributed by atoms with Crippen molar-refractivity contribution in [3.05, 3.63) is 46.8 Å². The van der Waals surface area contributed by atoms with Gasteiger partial charge in [0, 0.05) is 16.7 Å². The number of aliphatic carboxylic acids is 1. The number of hydrazine groups is 1. The second-order valence-corrected chi connectivity index (χ2v) is 4.52. The number of esters is 1. The number of nitrogens with two attached hydrogens (primary N) is 2. The number of hydrogen-bond acceptors (Lipinski definition) is 6. The molecule has 0 amide bonds. The Morgan fingerprint density at radius 3 is 2.73 bits per heavy atom. The molecule has 0 saturated heterocycles. The minimum absolute atomic E-state index is 0.186. The van der Waals surface area contributed by atoms with Gasteiger partial charge < -0.3 is 15.6 Å². The van der Waals surface area contributed by atoms with Crippen LogP contribution in [-0.2, 0) is 14.3 Å². The molecule has 22 heavy (non-hydrogen) atoms. The normalized spacial score (nSPS) is 11.5. The van der Waals surface area contributed by atoms with Gasteiger partial charge in [0.1, 0.15) is 5.70 Å². The van der Waals surface area contributed by atoms with Gasteiger partial charge in [0.15, 0.2) is 0 Å². The van der Waals surface area contributed by atoms with Crippen LogP contribution in [0.4, 0.5) is 5.69 Å². The van der Waals surface area contributed by atoms with Crippen LogP contribution in [0.5, 0.6) is 0 Å². The van der Waals surface area contributed by atoms with E-state index in [4.69, 9.17) is 33.0 Å². The largest absolute Gasteiger partial charge is 0.478 e. The molecule has 8 heteroatoms. The van der Waals surface area contributed by atoms with E-state index >= 15 is 0 Å². The number of carboxylic acids is 1. The Morgan fingerprint density at radius 1 is 1.45 bits per heavy atom. The van der Waals surface area contributed by atoms with Crippen molar-refractivity contribution in [1.82, 2.24) is 0 Å². The van der Waals surface area contributed by atoms with Gasteiger partial charge in [-0.05, 0) is 31.2 Å². The predicted molar refractivity (Wildman–Crippen MR) is 83.7 cm³/mol. The number of anilines is 1. The lowest BCUT2D eigenvalue weighted by atomic mass is 10.1. The van der Waals surface area contributed by atoms with E-state index in [0.29, 0.717) is 16.3 Å². The first kappa shape index (κ1) is 17.5. The summed E-state index contributed by atoms with van der Waals surface area (Å²) in [5.41, 5.74) is 6.24. The molecule has 1 rings (SSSR count). The molecule has 0 aliphatic heterocycles. The van der Waals surface area contributed by atoms with Gasteiger partial charge >= 0.3 is 11.9 Å². The van der Waals surface area contributed by atoms with Crippen LogP contribution in [0.3, 0.4) is 0 Å². The van der Waals surface area contributed by atoms with E-state index in [1.54, 1.807) is 19.1 Å². The molecule has 0 aliphatic rings. The molecule has 0 aromatic heterocycles. The molecule has 0 unspecified atom stereocenters. The number of ether oxygens (including phenoxy) is 1. The predicted octanol–water partition coefficient (Wildman–Crippen LogP) is 1.48. The van der Waals surface area contributed by atoms with Crippen molar-refractivity contribution in [3.63, 3.8) is 0 Å². The summed E-state index contributed by atoms with van der Waals surface area (Å²) in [5.74, 6) is 4.02. The third kappa shape index (κ3) is 5.12. The number of carbonyl (C=O) groups is 2. The number of hydrogen-bond donors (Lipinski definition) is 3. The van der Waals surface area contributed by atoms with E-state index in [9.17, 15) is 9.59 Å². The third-order valence-corrected chi connectivity index (χ3v) is 2.70. The molecule has 0 fully saturated rings. The average molecular weight is 326 g/mol. The Kier molecular flexibility index (Phi) is 6.43. The quantitative estimate of drug-likeness (QED) is 0.313. The second-order valence-electron chi connectivity index (χ2n) is 4.09. The number of nitrogens with zero attached hydrogens (tertiary/aromatic N) is 1. The van der Waals surface area contributed by atoms with Crippen LogP contribution in [0.15, 0.2) is 36.2 Å². The molecule has 0 spiro atoms. The zero-order valence-corrected chi connectivity index (χ0v) is 12.6. The van der Waals surface area contributed by atoms with Gasteiger partial charge in [0.2, 0.25) is 0 Å². The van der Waals surface area contributed by atoms with Crippen LogP contribution in [0.2, 0.25) is 5.02 Å². The second kappa shape index (κ2) is 8.06. The molecule has 1 aromatic rings. The van der Waals surface area contributed by atoms with Gasteiger partial charge in [-0.2, -0.15) is 0 Å². The van der Waals surface area contributed by atoms with Crippen molar-refractivity contribution in [2.45, 2.75) is 6.92 Å². The Balaban J connectivity index is 3.12. The molecule has 0 heterocycles. The van der Waals surface area contributed by atoms with Gasteiger partial charge in [-0.15, -0.1) is 0 Å². The Morgan fingerprint density at radius 2 is 2.14 bits per heavy atom. The highest BCUT2D eigenvalue weighted by Gasteiger charge is 2.10. The molecule has 0 saturated carbocycles. The molecule has 0 radical (unpaired) electrons. The van der Waals surface area contributed by atoms with Crippen molar-refractivity contribution < 1.29 is 19.4 Å². The molecular weight excluding hydrogens is 310 g/mol. The summed E-state index contributed by atoms with van der Waals surface area (Å²) < 4.78 is 4.74. The van der Waals surface area contributed by atoms with E-state index in [-0.39, 0.29) is 12.3 Å². The maximum Gasteiger partial charge on any atom is 0.355 e. The highest BCUT2D eigenvalue weighted by atomic mass is 35.5. The maximum absolute atomic E-state index is 11.5. The van der Waals surface area contributed by atoms with E-state index in [1.165, 1.54) is 18.3 Å². The van der Waals surface area contributed by atoms with Crippen molar-refractivity contribution >= 4 is 35.3 Å². The van der Waals surface area contributed by atoms with Gasteiger partial charge in [-0.3, -0.25) is 5.01 Å². The monoisotopic (exact) mass is 325 g/mol. The standard InChI is InChI=1S/C14H16ClN3O4/c1-2-22-14(21)11(16)8-18(17)12-5-4-10(15)7-9(12)3-6-13(19)20/h3-8H,2,16-17H2,1H3,(H,19,20)/b6-3+,11-8-. The third-order valence-electron chi connectivity index (χ3n) is 2.46. The maximum atomic E-state index is 11.5. The highest BCUT2D eigenvalue weighted by molar-refractivity contribution is 6.30. The lowest BCUT2D eigenvalue weighted by molar-refractivity contribution is -0.138. The molecule has 0 bridgehead atoms. The van der Waals surface area contributed by atoms with E-state index in [2.05, 4.69) is 0 Å². The molecule has 0 aliphatic carbocycles. The van der Waals surface area contributed by atoms with E-state index in [0.717, 1.165) is 11.1 Å². The van der Waals surface area contributed by atoms with Gasteiger partial charge in [-0.25, -0.2) is 15.4 Å². The van der Waals surface area contributed by atoms with Crippen LogP contribution >= 0.6 is 11.6 Å². The number of carbonyl (C=O) groups excluding carboxylic acids is 1. The van der Waals surface area contributed by atoms with Gasteiger partial charge in [-0.1, -0.05) is 11.6 Å². The first-order chi connectivity index (χ1) is 10.3. The van der Waals surface area contributed by atoms with Crippen molar-refractivity contribution in [3.8, 4) is 0 Å². The highest BCUT2D eigenvalue weighted by Crippen LogP contribution is 2.24. The first-order valence-electron chi connectivity index (χ1n) is 6.24. The number of carboxylic acid groups (broad SMARTS) is 1. The summed E-state index contributed by atoms with van der Waals surface area (Å²) in [4.78, 5) is 22.1. The minimum atomic E-state index is -1.11. The topological polar surface area (TPSA) is 119 Å². The zero-order valence-electron chi connectivity index (χ0n) is 11.8. The van der Waals surface area contributed by atoms with Crippen molar-refractivity contribution in [2.75, 3.05) is 11.6 Å². The van der Waals surface area contributed by atoms with Crippen LogP contribution in [0.1, 0.15) is 12.5 Å². The lowest BCUT2D eigenvalue weighted by Gasteiger charge is -2.17. The molecule has 1 aromatic carbocycles. The first-order valence-corrected chi connectivity index (χ1v) is 6.61. The summed E-state index contributed by atoms with van der Waals surface area (Å²) in [6.07, 6.45) is 3.46. The molecule has 118 valence electrons. The van der Waals surface area contributed by atoms with Crippen LogP contribution in [-0.4, -0.2) is 23.7 Å². The molecular formula is C14H16ClN3O4. The van der Waals surface area contributed by atoms with E-state index < -0.39 is 11.9 Å². The molecule has 7 nitrogen and oxygen atoms in total. The summed E-state index contributed by atoms with van der Waals surface area (Å²) in [5, 5.41) is 10.2. The fraction of sp³-hybridized carbons (Fsp3) is 0.143. The van der Waals surface area contributed by atoms with Crippen molar-refractivity contribution in [2.24, 2.45) is 11.6 Å². The summed E-state index contributed by atoms with van der Waals surface area (Å²) in [6.45, 7) is 1.84. The Bertz CT molecular complexity index is 629. The number of benzene rings is 1. The summed E-state index contributed by atoms with van der Waals surface area (Å²) in [7, 11) is 0. The summed E-state index contributed by atoms with van der Waals surface area (Å²) >= 11 is 5.88. The summed E-state index contributed by atoms with van der Waals surface area (Å²) in [6, 6.07) is 4.67. The van der Waals surface area contributed by atoms with Crippen molar-refractivity contribution in [1.29, 1.82) is 0 Å². The fourth-order valence-electron chi connectivity index (χ4n) is 1.54. The SMILES string of the molecule is CCOC(=O)/C(N)=C/N(N)c1ccc(Cl)cc1/C=C/C(=O)O. The lowest BCUT2D eigenvalue weighted by Crippen LogP contribution is -2.28.